The number of carboxylic acids is 1. The van der Waals surface area contributed by atoms with Crippen LogP contribution < -0.4 is 60.2 Å². The molecule has 1 aliphatic rings. The van der Waals surface area contributed by atoms with Gasteiger partial charge in [-0.05, 0) is 43.7 Å². The second-order valence-corrected chi connectivity index (χ2v) is 17.5. The first-order valence-corrected chi connectivity index (χ1v) is 23.2. The third kappa shape index (κ3) is 19.8. The summed E-state index contributed by atoms with van der Waals surface area (Å²) in [5, 5.41) is 28.4. The van der Waals surface area contributed by atoms with Gasteiger partial charge in [-0.3, -0.25) is 43.5 Å². The van der Waals surface area contributed by atoms with Gasteiger partial charge in [0, 0.05) is 44.4 Å². The average molecular weight is 942 g/mol. The van der Waals surface area contributed by atoms with Crippen molar-refractivity contribution >= 4 is 80.8 Å². The number of benzene rings is 2. The number of carbonyl (C=O) groups excluding carboxylic acids is 7. The SMILES string of the molecule is CC(=O)N[C@@H](CCCN=C(N)N)C(=O)N[C@@H](C)C(=O)N[C@H]1CSSC[C@@H](C(=O)O)NC(=O)[C@H](Cc2ccccc2)NC(=O)[C@@H](Cc2ccccc2)NC(=O)[C@H](CCCN=C(N)N)NC1=O. The molecule has 0 bridgehead atoms. The summed E-state index contributed by atoms with van der Waals surface area (Å²) in [6.45, 7) is 2.84. The fourth-order valence-corrected chi connectivity index (χ4v) is 8.58. The van der Waals surface area contributed by atoms with Crippen LogP contribution in [-0.2, 0) is 51.2 Å². The summed E-state index contributed by atoms with van der Waals surface area (Å²) in [6.07, 6.45) is 0.535. The summed E-state index contributed by atoms with van der Waals surface area (Å²) in [4.78, 5) is 115. The van der Waals surface area contributed by atoms with Gasteiger partial charge in [0.1, 0.15) is 42.3 Å². The van der Waals surface area contributed by atoms with E-state index in [1.807, 2.05) is 0 Å². The molecule has 0 unspecified atom stereocenters. The Labute approximate surface area is 384 Å². The average Bonchev–Trinajstić information content (AvgIpc) is 3.25. The first kappa shape index (κ1) is 52.8. The fourth-order valence-electron chi connectivity index (χ4n) is 6.26. The lowest BCUT2D eigenvalue weighted by Crippen LogP contribution is -2.60. The number of nitrogens with zero attached hydrogens (tertiary/aromatic N) is 2. The maximum Gasteiger partial charge on any atom is 0.327 e. The summed E-state index contributed by atoms with van der Waals surface area (Å²) < 4.78 is 0. The number of nitrogens with one attached hydrogen (secondary N) is 7. The molecule has 7 amide bonds. The molecule has 1 saturated heterocycles. The van der Waals surface area contributed by atoms with E-state index in [1.165, 1.54) is 13.8 Å². The Morgan fingerprint density at radius 2 is 1.18 bits per heavy atom. The van der Waals surface area contributed by atoms with E-state index in [9.17, 15) is 43.5 Å². The molecule has 16 N–H and O–H groups in total. The summed E-state index contributed by atoms with van der Waals surface area (Å²) >= 11 is 0. The van der Waals surface area contributed by atoms with Crippen LogP contribution in [0.5, 0.6) is 0 Å². The zero-order valence-electron chi connectivity index (χ0n) is 36.1. The zero-order chi connectivity index (χ0) is 47.9. The number of hydrogen-bond donors (Lipinski definition) is 12. The lowest BCUT2D eigenvalue weighted by Gasteiger charge is -2.27. The van der Waals surface area contributed by atoms with Crippen LogP contribution in [0.3, 0.4) is 0 Å². The normalized spacial score (nSPS) is 20.7. The minimum absolute atomic E-state index is 0.0182. The van der Waals surface area contributed by atoms with Gasteiger partial charge in [0.25, 0.3) is 0 Å². The van der Waals surface area contributed by atoms with Crippen molar-refractivity contribution in [3.05, 3.63) is 71.8 Å². The van der Waals surface area contributed by atoms with Gasteiger partial charge in [0.05, 0.1) is 0 Å². The predicted molar refractivity (Wildman–Crippen MR) is 248 cm³/mol. The Balaban J connectivity index is 1.98. The van der Waals surface area contributed by atoms with E-state index in [1.54, 1.807) is 60.7 Å². The molecule has 354 valence electrons. The van der Waals surface area contributed by atoms with Crippen molar-refractivity contribution < 1.29 is 43.5 Å². The smallest absolute Gasteiger partial charge is 0.327 e. The molecule has 0 radical (unpaired) electrons. The van der Waals surface area contributed by atoms with Crippen LogP contribution in [-0.4, -0.2) is 131 Å². The predicted octanol–water partition coefficient (Wildman–Crippen LogP) is -2.51. The van der Waals surface area contributed by atoms with Crippen LogP contribution in [0, 0.1) is 0 Å². The number of carbonyl (C=O) groups is 8. The molecule has 0 spiro atoms. The third-order valence-corrected chi connectivity index (χ3v) is 12.0. The molecule has 2 aromatic rings. The molecule has 2 aromatic carbocycles. The highest BCUT2D eigenvalue weighted by Crippen LogP contribution is 2.24. The van der Waals surface area contributed by atoms with Gasteiger partial charge in [-0.25, -0.2) is 4.79 Å². The van der Waals surface area contributed by atoms with Crippen LogP contribution in [0.4, 0.5) is 0 Å². The first-order valence-electron chi connectivity index (χ1n) is 20.7. The maximum atomic E-state index is 14.2. The topological polar surface area (TPSA) is 370 Å². The Kier molecular flexibility index (Phi) is 22.4. The summed E-state index contributed by atoms with van der Waals surface area (Å²) in [7, 11) is 1.98. The van der Waals surface area contributed by atoms with Crippen LogP contribution >= 0.6 is 21.6 Å². The van der Waals surface area contributed by atoms with E-state index in [-0.39, 0.29) is 68.6 Å². The second kappa shape index (κ2) is 27.6. The second-order valence-electron chi connectivity index (χ2n) is 15.0. The highest BCUT2D eigenvalue weighted by molar-refractivity contribution is 8.76. The molecule has 3 rings (SSSR count). The lowest BCUT2D eigenvalue weighted by atomic mass is 10.0. The number of nitrogens with two attached hydrogens (primary N) is 4. The van der Waals surface area contributed by atoms with E-state index < -0.39 is 89.6 Å². The summed E-state index contributed by atoms with van der Waals surface area (Å²) in [6, 6.07) is 8.46. The molecule has 0 saturated carbocycles. The standard InChI is InChI=1S/C41H59N13O9S2/c1-23(48-34(57)27(49-24(2)55)15-9-17-46-40(42)43)33(56)53-31-21-64-65-22-32(39(62)63)54-37(60)30(20-26-13-7-4-8-14-26)52-36(59)29(19-25-11-5-3-6-12-25)51-35(58)28(50-38(31)61)16-10-18-47-41(44)45/h3-8,11-14,23,27-32H,9-10,15-22H2,1-2H3,(H,48,57)(H,49,55)(H,50,61)(H,51,58)(H,52,59)(H,53,56)(H,54,60)(H,62,63)(H4,42,43,46)(H4,44,45,47)/t23-,27-,28-,29+,30-,31-,32-/m0/s1. The van der Waals surface area contributed by atoms with Crippen LogP contribution in [0.1, 0.15) is 50.7 Å². The number of guanidine groups is 2. The molecular weight excluding hydrogens is 883 g/mol. The van der Waals surface area contributed by atoms with Gasteiger partial charge >= 0.3 is 5.97 Å². The highest BCUT2D eigenvalue weighted by Gasteiger charge is 2.34. The third-order valence-electron chi connectivity index (χ3n) is 9.60. The van der Waals surface area contributed by atoms with Crippen molar-refractivity contribution in [3.63, 3.8) is 0 Å². The monoisotopic (exact) mass is 941 g/mol. The largest absolute Gasteiger partial charge is 0.480 e. The quantitative estimate of drug-likeness (QED) is 0.0318. The molecule has 65 heavy (non-hydrogen) atoms. The number of rotatable bonds is 18. The van der Waals surface area contributed by atoms with Crippen molar-refractivity contribution in [1.29, 1.82) is 0 Å². The zero-order valence-corrected chi connectivity index (χ0v) is 37.8. The van der Waals surface area contributed by atoms with Crippen LogP contribution in [0.2, 0.25) is 0 Å². The number of amides is 7. The minimum atomic E-state index is -1.45. The lowest BCUT2D eigenvalue weighted by molar-refractivity contribution is -0.141. The van der Waals surface area contributed by atoms with Crippen LogP contribution in [0.15, 0.2) is 70.6 Å². The molecule has 0 aromatic heterocycles. The Morgan fingerprint density at radius 1 is 0.692 bits per heavy atom. The number of carboxylic acid groups (broad SMARTS) is 1. The van der Waals surface area contributed by atoms with E-state index in [0.29, 0.717) is 17.5 Å². The number of aliphatic carboxylic acids is 1. The Bertz CT molecular complexity index is 2010. The van der Waals surface area contributed by atoms with E-state index >= 15 is 0 Å². The highest BCUT2D eigenvalue weighted by atomic mass is 33.1. The van der Waals surface area contributed by atoms with Crippen molar-refractivity contribution in [2.75, 3.05) is 24.6 Å². The van der Waals surface area contributed by atoms with Crippen molar-refractivity contribution in [1.82, 2.24) is 37.2 Å². The maximum absolute atomic E-state index is 14.2. The molecule has 0 aliphatic carbocycles. The molecule has 1 aliphatic heterocycles. The van der Waals surface area contributed by atoms with Crippen molar-refractivity contribution in [2.45, 2.75) is 94.7 Å². The van der Waals surface area contributed by atoms with Gasteiger partial charge in [-0.2, -0.15) is 0 Å². The van der Waals surface area contributed by atoms with E-state index in [0.717, 1.165) is 21.6 Å². The van der Waals surface area contributed by atoms with Gasteiger partial charge in [-0.15, -0.1) is 0 Å². The van der Waals surface area contributed by atoms with Crippen molar-refractivity contribution in [3.8, 4) is 0 Å². The summed E-state index contributed by atoms with van der Waals surface area (Å²) in [5.74, 6) is -7.28. The molecule has 22 nitrogen and oxygen atoms in total. The number of hydrogen-bond acceptors (Lipinski definition) is 12. The molecular formula is C41H59N13O9S2. The Hall–Kier alpha value is -6.56. The molecule has 1 fully saturated rings. The molecule has 7 atom stereocenters. The summed E-state index contributed by atoms with van der Waals surface area (Å²) in [5.41, 5.74) is 23.1. The van der Waals surface area contributed by atoms with E-state index in [2.05, 4.69) is 47.2 Å². The Morgan fingerprint density at radius 3 is 1.71 bits per heavy atom. The molecule has 24 heteroatoms. The number of aliphatic imine (C=N–C) groups is 2. The van der Waals surface area contributed by atoms with Gasteiger partial charge in [0.2, 0.25) is 41.4 Å². The van der Waals surface area contributed by atoms with Crippen molar-refractivity contribution in [2.24, 2.45) is 32.9 Å². The van der Waals surface area contributed by atoms with Gasteiger partial charge in [-0.1, -0.05) is 82.3 Å². The van der Waals surface area contributed by atoms with Crippen LogP contribution in [0.25, 0.3) is 0 Å². The fraction of sp³-hybridized carbons (Fsp3) is 0.463. The van der Waals surface area contributed by atoms with Gasteiger partial charge < -0.3 is 65.3 Å². The minimum Gasteiger partial charge on any atom is -0.480 e. The molecule has 1 heterocycles. The van der Waals surface area contributed by atoms with E-state index in [4.69, 9.17) is 22.9 Å². The van der Waals surface area contributed by atoms with Gasteiger partial charge in [0.15, 0.2) is 11.9 Å². The first-order chi connectivity index (χ1) is 30.9.